The molecule has 0 radical (unpaired) electrons. The fourth-order valence-electron chi connectivity index (χ4n) is 3.82. The molecule has 3 aromatic rings. The third-order valence-corrected chi connectivity index (χ3v) is 6.20. The fourth-order valence-corrected chi connectivity index (χ4v) is 4.88. The van der Waals surface area contributed by atoms with E-state index in [9.17, 15) is 9.59 Å². The summed E-state index contributed by atoms with van der Waals surface area (Å²) in [7, 11) is 0. The van der Waals surface area contributed by atoms with Crippen molar-refractivity contribution in [3.8, 4) is 11.5 Å². The second kappa shape index (κ2) is 8.55. The maximum Gasteiger partial charge on any atom is 0.326 e. The van der Waals surface area contributed by atoms with Gasteiger partial charge in [-0.05, 0) is 44.4 Å². The zero-order valence-electron chi connectivity index (χ0n) is 18.0. The minimum atomic E-state index is -0.390. The van der Waals surface area contributed by atoms with Crippen LogP contribution in [0.4, 0.5) is 0 Å². The number of carbonyl (C=O) groups is 2. The summed E-state index contributed by atoms with van der Waals surface area (Å²) < 4.78 is 18.6. The Labute approximate surface area is 183 Å². The van der Waals surface area contributed by atoms with Gasteiger partial charge in [0.2, 0.25) is 6.79 Å². The molecular weight excluding hydrogens is 416 g/mol. The van der Waals surface area contributed by atoms with E-state index >= 15 is 0 Å². The van der Waals surface area contributed by atoms with Gasteiger partial charge >= 0.3 is 5.97 Å². The average Bonchev–Trinajstić information content (AvgIpc) is 3.27. The lowest BCUT2D eigenvalue weighted by Crippen LogP contribution is -2.23. The summed E-state index contributed by atoms with van der Waals surface area (Å²) in [5.74, 6) is 0.589. The topological polar surface area (TPSA) is 79.1 Å². The lowest BCUT2D eigenvalue weighted by Gasteiger charge is -2.09. The molecule has 31 heavy (non-hydrogen) atoms. The Hall–Kier alpha value is -3.13. The number of esters is 1. The van der Waals surface area contributed by atoms with Crippen molar-refractivity contribution in [2.75, 3.05) is 13.4 Å². The first-order chi connectivity index (χ1) is 14.9. The highest BCUT2D eigenvalue weighted by Gasteiger charge is 2.19. The number of carbonyl (C=O) groups excluding carboxylic acids is 2. The monoisotopic (exact) mass is 440 g/mol. The van der Waals surface area contributed by atoms with Gasteiger partial charge in [-0.2, -0.15) is 4.99 Å². The molecule has 4 rings (SSSR count). The quantitative estimate of drug-likeness (QED) is 0.567. The molecule has 2 heterocycles. The van der Waals surface area contributed by atoms with Crippen molar-refractivity contribution in [2.45, 2.75) is 40.7 Å². The molecule has 1 amide bonds. The summed E-state index contributed by atoms with van der Waals surface area (Å²) in [4.78, 5) is 29.9. The summed E-state index contributed by atoms with van der Waals surface area (Å²) >= 11 is 1.33. The Kier molecular flexibility index (Phi) is 5.82. The number of thiazole rings is 1. The molecule has 1 aromatic heterocycles. The summed E-state index contributed by atoms with van der Waals surface area (Å²) in [5, 5.41) is 0. The van der Waals surface area contributed by atoms with Crippen LogP contribution in [0, 0.1) is 20.8 Å². The molecular formula is C23H24N2O5S. The van der Waals surface area contributed by atoms with Crippen molar-refractivity contribution in [3.63, 3.8) is 0 Å². The van der Waals surface area contributed by atoms with Gasteiger partial charge in [0.15, 0.2) is 16.3 Å². The first kappa shape index (κ1) is 21.1. The lowest BCUT2D eigenvalue weighted by molar-refractivity contribution is -0.143. The molecule has 2 aromatic carbocycles. The number of hydrogen-bond acceptors (Lipinski definition) is 6. The molecule has 0 N–H and O–H groups in total. The molecule has 0 aliphatic carbocycles. The molecule has 1 aliphatic heterocycles. The van der Waals surface area contributed by atoms with E-state index in [1.807, 2.05) is 32.9 Å². The van der Waals surface area contributed by atoms with E-state index in [0.717, 1.165) is 32.5 Å². The Balaban J connectivity index is 1.75. The van der Waals surface area contributed by atoms with E-state index in [-0.39, 0.29) is 38.2 Å². The molecule has 0 saturated heterocycles. The van der Waals surface area contributed by atoms with Gasteiger partial charge in [0.25, 0.3) is 5.91 Å². The first-order valence-corrected chi connectivity index (χ1v) is 10.9. The molecule has 1 aliphatic rings. The molecule has 0 bridgehead atoms. The number of ether oxygens (including phenoxy) is 3. The van der Waals surface area contributed by atoms with E-state index < -0.39 is 0 Å². The SMILES string of the molecule is CCOC(=O)Cn1c(=NC(=O)Cc2c(C)cc(C)cc2C)sc2cc3c(cc21)OCO3. The molecule has 0 unspecified atom stereocenters. The number of aromatic nitrogens is 1. The zero-order chi connectivity index (χ0) is 22.1. The highest BCUT2D eigenvalue weighted by molar-refractivity contribution is 7.16. The third kappa shape index (κ3) is 4.34. The lowest BCUT2D eigenvalue weighted by atomic mass is 9.97. The molecule has 162 valence electrons. The number of rotatable bonds is 5. The van der Waals surface area contributed by atoms with Crippen LogP contribution in [0.3, 0.4) is 0 Å². The van der Waals surface area contributed by atoms with Crippen molar-refractivity contribution in [1.82, 2.24) is 4.57 Å². The van der Waals surface area contributed by atoms with Crippen molar-refractivity contribution >= 4 is 33.4 Å². The van der Waals surface area contributed by atoms with Crippen LogP contribution in [-0.4, -0.2) is 29.8 Å². The van der Waals surface area contributed by atoms with Crippen LogP contribution in [0.15, 0.2) is 29.3 Å². The van der Waals surface area contributed by atoms with Gasteiger partial charge in [0.05, 0.1) is 23.2 Å². The van der Waals surface area contributed by atoms with Crippen LogP contribution in [0.25, 0.3) is 10.2 Å². The van der Waals surface area contributed by atoms with Crippen molar-refractivity contribution in [3.05, 3.63) is 51.3 Å². The highest BCUT2D eigenvalue weighted by Crippen LogP contribution is 2.37. The van der Waals surface area contributed by atoms with Gasteiger partial charge in [-0.3, -0.25) is 9.59 Å². The van der Waals surface area contributed by atoms with Crippen molar-refractivity contribution < 1.29 is 23.8 Å². The van der Waals surface area contributed by atoms with E-state index in [1.165, 1.54) is 11.3 Å². The maximum atomic E-state index is 12.9. The van der Waals surface area contributed by atoms with Gasteiger partial charge in [0, 0.05) is 12.1 Å². The molecule has 0 atom stereocenters. The second-order valence-corrected chi connectivity index (χ2v) is 8.52. The number of hydrogen-bond donors (Lipinski definition) is 0. The summed E-state index contributed by atoms with van der Waals surface area (Å²) in [6.45, 7) is 8.21. The normalized spacial score (nSPS) is 13.1. The van der Waals surface area contributed by atoms with Gasteiger partial charge < -0.3 is 18.8 Å². The van der Waals surface area contributed by atoms with E-state index in [4.69, 9.17) is 14.2 Å². The smallest absolute Gasteiger partial charge is 0.326 e. The summed E-state index contributed by atoms with van der Waals surface area (Å²) in [6, 6.07) is 7.79. The van der Waals surface area contributed by atoms with Gasteiger partial charge in [0.1, 0.15) is 6.54 Å². The Bertz CT molecular complexity index is 1230. The van der Waals surface area contributed by atoms with Crippen LogP contribution in [0.5, 0.6) is 11.5 Å². The number of amides is 1. The molecule has 0 fully saturated rings. The molecule has 8 heteroatoms. The van der Waals surface area contributed by atoms with Crippen LogP contribution in [0.1, 0.15) is 29.2 Å². The van der Waals surface area contributed by atoms with Gasteiger partial charge in [-0.25, -0.2) is 0 Å². The maximum absolute atomic E-state index is 12.9. The van der Waals surface area contributed by atoms with Crippen molar-refractivity contribution in [2.24, 2.45) is 4.99 Å². The minimum Gasteiger partial charge on any atom is -0.465 e. The fraction of sp³-hybridized carbons (Fsp3) is 0.348. The predicted octanol–water partition coefficient (Wildman–Crippen LogP) is 3.59. The van der Waals surface area contributed by atoms with E-state index in [2.05, 4.69) is 17.1 Å². The van der Waals surface area contributed by atoms with Gasteiger partial charge in [-0.15, -0.1) is 0 Å². The first-order valence-electron chi connectivity index (χ1n) is 10.1. The number of nitrogens with zero attached hydrogens (tertiary/aromatic N) is 2. The Morgan fingerprint density at radius 1 is 1.10 bits per heavy atom. The van der Waals surface area contributed by atoms with Crippen LogP contribution in [0.2, 0.25) is 0 Å². The van der Waals surface area contributed by atoms with Crippen molar-refractivity contribution in [1.29, 1.82) is 0 Å². The second-order valence-electron chi connectivity index (χ2n) is 7.51. The van der Waals surface area contributed by atoms with Crippen LogP contribution < -0.4 is 14.3 Å². The average molecular weight is 441 g/mol. The molecule has 0 spiro atoms. The Morgan fingerprint density at radius 3 is 2.45 bits per heavy atom. The number of fused-ring (bicyclic) bond motifs is 2. The third-order valence-electron chi connectivity index (χ3n) is 5.16. The van der Waals surface area contributed by atoms with E-state index in [0.29, 0.717) is 16.3 Å². The van der Waals surface area contributed by atoms with Crippen LogP contribution in [-0.2, 0) is 27.3 Å². The summed E-state index contributed by atoms with van der Waals surface area (Å²) in [6.07, 6.45) is 0.203. The molecule has 7 nitrogen and oxygen atoms in total. The summed E-state index contributed by atoms with van der Waals surface area (Å²) in [5.41, 5.74) is 5.04. The van der Waals surface area contributed by atoms with Gasteiger partial charge in [-0.1, -0.05) is 29.0 Å². The zero-order valence-corrected chi connectivity index (χ0v) is 18.8. The highest BCUT2D eigenvalue weighted by atomic mass is 32.1. The number of aryl methyl sites for hydroxylation is 3. The Morgan fingerprint density at radius 2 is 1.77 bits per heavy atom. The predicted molar refractivity (Wildman–Crippen MR) is 117 cm³/mol. The van der Waals surface area contributed by atoms with E-state index in [1.54, 1.807) is 11.5 Å². The largest absolute Gasteiger partial charge is 0.465 e. The minimum absolute atomic E-state index is 0.0395. The standard InChI is InChI=1S/C23H24N2O5S/c1-5-28-22(27)11-25-17-9-18-19(30-12-29-18)10-20(17)31-23(25)24-21(26)8-16-14(3)6-13(2)7-15(16)4/h6-7,9-10H,5,8,11-12H2,1-4H3. The number of benzene rings is 2. The van der Waals surface area contributed by atoms with Crippen LogP contribution >= 0.6 is 11.3 Å². The molecule has 0 saturated carbocycles.